The van der Waals surface area contributed by atoms with Gasteiger partial charge in [-0.15, -0.1) is 5.11 Å². The molecule has 0 unspecified atom stereocenters. The highest BCUT2D eigenvalue weighted by Crippen LogP contribution is 2.31. The Labute approximate surface area is 164 Å². The van der Waals surface area contributed by atoms with Gasteiger partial charge >= 0.3 is 0 Å². The fraction of sp³-hybridized carbons (Fsp3) is 0.158. The van der Waals surface area contributed by atoms with Gasteiger partial charge in [-0.1, -0.05) is 11.6 Å². The zero-order chi connectivity index (χ0) is 20.3. The topological polar surface area (TPSA) is 113 Å². The first-order valence-corrected chi connectivity index (χ1v) is 8.48. The van der Waals surface area contributed by atoms with Gasteiger partial charge in [0.1, 0.15) is 23.1 Å². The van der Waals surface area contributed by atoms with Crippen LogP contribution >= 0.6 is 11.6 Å². The number of pyridine rings is 1. The van der Waals surface area contributed by atoms with E-state index in [9.17, 15) is 15.2 Å². The Balaban J connectivity index is 2.08. The molecule has 0 aliphatic carbocycles. The van der Waals surface area contributed by atoms with Gasteiger partial charge in [0, 0.05) is 5.56 Å². The maximum absolute atomic E-state index is 12.8. The Morgan fingerprint density at radius 1 is 1.36 bits per heavy atom. The number of methoxy groups -OCH3 is 1. The predicted molar refractivity (Wildman–Crippen MR) is 102 cm³/mol. The van der Waals surface area contributed by atoms with Crippen LogP contribution in [0.1, 0.15) is 16.9 Å². The molecule has 0 bridgehead atoms. The molecule has 0 spiro atoms. The predicted octanol–water partition coefficient (Wildman–Crippen LogP) is 4.45. The van der Waals surface area contributed by atoms with Crippen molar-refractivity contribution in [2.24, 2.45) is 10.2 Å². The summed E-state index contributed by atoms with van der Waals surface area (Å²) in [6, 6.07) is 9.98. The monoisotopic (exact) mass is 398 g/mol. The van der Waals surface area contributed by atoms with E-state index in [2.05, 4.69) is 10.2 Å². The van der Waals surface area contributed by atoms with E-state index in [1.807, 2.05) is 6.07 Å². The molecule has 142 valence electrons. The van der Waals surface area contributed by atoms with Crippen LogP contribution in [0.5, 0.6) is 11.6 Å². The van der Waals surface area contributed by atoms with E-state index in [0.717, 1.165) is 4.57 Å². The molecule has 2 aromatic heterocycles. The molecule has 8 nitrogen and oxygen atoms in total. The van der Waals surface area contributed by atoms with Crippen molar-refractivity contribution in [2.75, 3.05) is 7.11 Å². The van der Waals surface area contributed by atoms with Crippen molar-refractivity contribution >= 4 is 23.0 Å². The van der Waals surface area contributed by atoms with Crippen molar-refractivity contribution in [3.8, 4) is 17.7 Å². The van der Waals surface area contributed by atoms with E-state index in [1.54, 1.807) is 24.3 Å². The molecule has 0 fully saturated rings. The molecule has 0 aliphatic rings. The molecular weight excluding hydrogens is 384 g/mol. The summed E-state index contributed by atoms with van der Waals surface area (Å²) in [6.45, 7) is 1.47. The maximum Gasteiger partial charge on any atom is 0.281 e. The van der Waals surface area contributed by atoms with Crippen molar-refractivity contribution in [1.29, 1.82) is 5.26 Å². The Morgan fingerprint density at radius 3 is 2.75 bits per heavy atom. The van der Waals surface area contributed by atoms with Gasteiger partial charge in [-0.25, -0.2) is 0 Å². The van der Waals surface area contributed by atoms with Crippen LogP contribution in [0.2, 0.25) is 5.02 Å². The first-order chi connectivity index (χ1) is 13.5. The highest BCUT2D eigenvalue weighted by molar-refractivity contribution is 6.32. The van der Waals surface area contributed by atoms with Crippen LogP contribution in [-0.4, -0.2) is 16.8 Å². The number of azo groups is 1. The lowest BCUT2D eigenvalue weighted by molar-refractivity contribution is 0.397. The molecular formula is C19H15ClN4O4. The van der Waals surface area contributed by atoms with E-state index in [-0.39, 0.29) is 23.4 Å². The lowest BCUT2D eigenvalue weighted by atomic mass is 10.1. The van der Waals surface area contributed by atoms with Crippen molar-refractivity contribution in [2.45, 2.75) is 13.5 Å². The van der Waals surface area contributed by atoms with Crippen LogP contribution in [0.25, 0.3) is 0 Å². The summed E-state index contributed by atoms with van der Waals surface area (Å²) in [5.74, 6) is 0.469. The summed E-state index contributed by atoms with van der Waals surface area (Å²) in [4.78, 5) is 12.8. The lowest BCUT2D eigenvalue weighted by Gasteiger charge is -2.11. The van der Waals surface area contributed by atoms with Gasteiger partial charge in [0.05, 0.1) is 30.6 Å². The van der Waals surface area contributed by atoms with E-state index in [1.165, 1.54) is 26.4 Å². The van der Waals surface area contributed by atoms with Crippen LogP contribution < -0.4 is 10.3 Å². The zero-order valence-corrected chi connectivity index (χ0v) is 15.8. The first kappa shape index (κ1) is 19.2. The van der Waals surface area contributed by atoms with Gasteiger partial charge in [0.25, 0.3) is 5.56 Å². The van der Waals surface area contributed by atoms with Gasteiger partial charge in [0.2, 0.25) is 5.88 Å². The highest BCUT2D eigenvalue weighted by atomic mass is 35.5. The summed E-state index contributed by atoms with van der Waals surface area (Å²) < 4.78 is 11.3. The smallest absolute Gasteiger partial charge is 0.281 e. The average molecular weight is 399 g/mol. The van der Waals surface area contributed by atoms with Crippen molar-refractivity contribution < 1.29 is 14.3 Å². The number of furan rings is 1. The molecule has 1 N–H and O–H groups in total. The fourth-order valence-corrected chi connectivity index (χ4v) is 2.84. The van der Waals surface area contributed by atoms with E-state index in [0.29, 0.717) is 22.2 Å². The molecule has 3 rings (SSSR count). The Hall–Kier alpha value is -3.57. The summed E-state index contributed by atoms with van der Waals surface area (Å²) in [7, 11) is 1.49. The molecule has 0 saturated heterocycles. The Kier molecular flexibility index (Phi) is 5.47. The second-order valence-electron chi connectivity index (χ2n) is 5.77. The third-order valence-corrected chi connectivity index (χ3v) is 4.36. The van der Waals surface area contributed by atoms with Gasteiger partial charge in [-0.2, -0.15) is 10.4 Å². The lowest BCUT2D eigenvalue weighted by Crippen LogP contribution is -2.22. The summed E-state index contributed by atoms with van der Waals surface area (Å²) in [5.41, 5.74) is -0.104. The molecule has 3 aromatic rings. The molecule has 1 aromatic carbocycles. The number of ether oxygens (including phenoxy) is 1. The molecule has 0 amide bonds. The first-order valence-electron chi connectivity index (χ1n) is 8.10. The standard InChI is InChI=1S/C19H15ClN4O4/c1-11-14(9-21)18(25)24(10-13-4-3-7-28-13)19(26)17(11)23-22-12-5-6-16(27-2)15(20)8-12/h3-8,25H,10H2,1-2H3. The SMILES string of the molecule is COc1ccc(N=Nc2c(C)c(C#N)c(O)n(Cc3ccco3)c2=O)cc1Cl. The van der Waals surface area contributed by atoms with Gasteiger partial charge in [-0.3, -0.25) is 9.36 Å². The molecule has 2 heterocycles. The van der Waals surface area contributed by atoms with Crippen molar-refractivity contribution in [3.05, 3.63) is 68.9 Å². The number of rotatable bonds is 5. The number of aromatic nitrogens is 1. The molecule has 0 radical (unpaired) electrons. The molecule has 9 heteroatoms. The number of halogens is 1. The molecule has 0 saturated carbocycles. The number of hydrogen-bond acceptors (Lipinski definition) is 7. The second kappa shape index (κ2) is 7.98. The van der Waals surface area contributed by atoms with E-state index < -0.39 is 11.4 Å². The van der Waals surface area contributed by atoms with Gasteiger partial charge in [-0.05, 0) is 37.3 Å². The minimum absolute atomic E-state index is 0.0521. The maximum atomic E-state index is 12.8. The largest absolute Gasteiger partial charge is 0.495 e. The molecule has 28 heavy (non-hydrogen) atoms. The average Bonchev–Trinajstić information content (AvgIpc) is 3.19. The number of nitriles is 1. The van der Waals surface area contributed by atoms with Crippen LogP contribution in [0, 0.1) is 18.3 Å². The number of hydrogen-bond donors (Lipinski definition) is 1. The number of benzene rings is 1. The molecule has 0 aliphatic heterocycles. The Morgan fingerprint density at radius 2 is 2.14 bits per heavy atom. The summed E-state index contributed by atoms with van der Waals surface area (Å²) in [6.07, 6.45) is 1.45. The normalized spacial score (nSPS) is 10.9. The Bertz CT molecular complexity index is 1140. The minimum Gasteiger partial charge on any atom is -0.495 e. The van der Waals surface area contributed by atoms with Crippen molar-refractivity contribution in [3.63, 3.8) is 0 Å². The third-order valence-electron chi connectivity index (χ3n) is 4.06. The highest BCUT2D eigenvalue weighted by Gasteiger charge is 2.20. The number of nitrogens with zero attached hydrogens (tertiary/aromatic N) is 4. The van der Waals surface area contributed by atoms with Crippen molar-refractivity contribution in [1.82, 2.24) is 4.57 Å². The third kappa shape index (κ3) is 3.61. The van der Waals surface area contributed by atoms with Crippen LogP contribution in [0.15, 0.2) is 56.0 Å². The van der Waals surface area contributed by atoms with Crippen LogP contribution in [0.4, 0.5) is 11.4 Å². The van der Waals surface area contributed by atoms with Crippen LogP contribution in [-0.2, 0) is 6.54 Å². The van der Waals surface area contributed by atoms with Gasteiger partial charge in [0.15, 0.2) is 5.69 Å². The zero-order valence-electron chi connectivity index (χ0n) is 15.0. The molecule has 0 atom stereocenters. The second-order valence-corrected chi connectivity index (χ2v) is 6.18. The fourth-order valence-electron chi connectivity index (χ4n) is 2.59. The van der Waals surface area contributed by atoms with E-state index >= 15 is 0 Å². The van der Waals surface area contributed by atoms with E-state index in [4.69, 9.17) is 20.8 Å². The summed E-state index contributed by atoms with van der Waals surface area (Å²) >= 11 is 6.07. The quantitative estimate of drug-likeness (QED) is 0.637. The summed E-state index contributed by atoms with van der Waals surface area (Å²) in [5, 5.41) is 28.1. The number of aromatic hydroxyl groups is 1. The van der Waals surface area contributed by atoms with Crippen LogP contribution in [0.3, 0.4) is 0 Å². The minimum atomic E-state index is -0.603. The van der Waals surface area contributed by atoms with Gasteiger partial charge < -0.3 is 14.3 Å².